The fourth-order valence-corrected chi connectivity index (χ4v) is 3.09. The first-order valence-electron chi connectivity index (χ1n) is 7.06. The molecule has 2 aliphatic carbocycles. The topological polar surface area (TPSA) is 25.2 Å². The Labute approximate surface area is 104 Å². The van der Waals surface area contributed by atoms with E-state index in [9.17, 15) is 0 Å². The molecule has 4 atom stereocenters. The van der Waals surface area contributed by atoms with Crippen LogP contribution in [0.4, 0.5) is 0 Å². The minimum absolute atomic E-state index is 0.698. The van der Waals surface area contributed by atoms with Crippen molar-refractivity contribution in [2.75, 3.05) is 0 Å². The molecule has 1 N–H and O–H groups in total. The average Bonchev–Trinajstić information content (AvgIpc) is 2.76. The summed E-state index contributed by atoms with van der Waals surface area (Å²) in [5.41, 5.74) is 0. The minimum Gasteiger partial charge on any atom is -0.464 e. The zero-order chi connectivity index (χ0) is 11.8. The molecule has 1 aromatic rings. The highest BCUT2D eigenvalue weighted by atomic mass is 16.3. The highest BCUT2D eigenvalue weighted by molar-refractivity contribution is 5.17. The summed E-state index contributed by atoms with van der Waals surface area (Å²) in [6.45, 7) is 5.55. The summed E-state index contributed by atoms with van der Waals surface area (Å²) < 4.78 is 5.91. The van der Waals surface area contributed by atoms with Gasteiger partial charge in [-0.05, 0) is 43.2 Å². The highest BCUT2D eigenvalue weighted by Crippen LogP contribution is 2.47. The first kappa shape index (κ1) is 11.3. The van der Waals surface area contributed by atoms with Crippen LogP contribution in [0.3, 0.4) is 0 Å². The minimum atomic E-state index is 0.698. The predicted molar refractivity (Wildman–Crippen MR) is 68.9 cm³/mol. The van der Waals surface area contributed by atoms with Crippen molar-refractivity contribution >= 4 is 0 Å². The van der Waals surface area contributed by atoms with E-state index in [1.165, 1.54) is 31.4 Å². The van der Waals surface area contributed by atoms with Gasteiger partial charge in [0.25, 0.3) is 0 Å². The van der Waals surface area contributed by atoms with Gasteiger partial charge in [0.15, 0.2) is 0 Å². The molecular weight excluding hydrogens is 210 g/mol. The normalized spacial score (nSPS) is 36.4. The van der Waals surface area contributed by atoms with Crippen molar-refractivity contribution in [1.29, 1.82) is 0 Å². The Morgan fingerprint density at radius 2 is 2.06 bits per heavy atom. The summed E-state index contributed by atoms with van der Waals surface area (Å²) in [5, 5.41) is 3.64. The third-order valence-corrected chi connectivity index (χ3v) is 4.56. The van der Waals surface area contributed by atoms with Crippen molar-refractivity contribution in [1.82, 2.24) is 5.32 Å². The zero-order valence-electron chi connectivity index (χ0n) is 10.9. The van der Waals surface area contributed by atoms with E-state index in [0.717, 1.165) is 24.1 Å². The van der Waals surface area contributed by atoms with Gasteiger partial charge in [-0.15, -0.1) is 0 Å². The molecule has 1 aromatic heterocycles. The van der Waals surface area contributed by atoms with Crippen LogP contribution in [-0.4, -0.2) is 6.04 Å². The number of nitrogens with one attached hydrogen (secondary N) is 1. The van der Waals surface area contributed by atoms with Gasteiger partial charge < -0.3 is 9.73 Å². The van der Waals surface area contributed by atoms with E-state index < -0.39 is 0 Å². The Morgan fingerprint density at radius 3 is 2.71 bits per heavy atom. The number of hydrogen-bond donors (Lipinski definition) is 1. The van der Waals surface area contributed by atoms with Crippen molar-refractivity contribution in [2.24, 2.45) is 11.8 Å². The maximum atomic E-state index is 5.91. The van der Waals surface area contributed by atoms with Crippen LogP contribution < -0.4 is 5.32 Å². The summed E-state index contributed by atoms with van der Waals surface area (Å²) >= 11 is 0. The molecule has 0 spiro atoms. The first-order chi connectivity index (χ1) is 8.24. The SMILES string of the molecule is CC1CCCC1NCc1ccc(C2CC2C)o1. The maximum absolute atomic E-state index is 5.91. The monoisotopic (exact) mass is 233 g/mol. The zero-order valence-corrected chi connectivity index (χ0v) is 10.9. The Kier molecular flexibility index (Phi) is 2.99. The fourth-order valence-electron chi connectivity index (χ4n) is 3.09. The van der Waals surface area contributed by atoms with Crippen molar-refractivity contribution < 1.29 is 4.42 Å². The van der Waals surface area contributed by atoms with Gasteiger partial charge in [0.05, 0.1) is 6.54 Å². The summed E-state index contributed by atoms with van der Waals surface area (Å²) in [7, 11) is 0. The van der Waals surface area contributed by atoms with Gasteiger partial charge in [0.1, 0.15) is 11.5 Å². The summed E-state index contributed by atoms with van der Waals surface area (Å²) in [5.74, 6) is 4.67. The quantitative estimate of drug-likeness (QED) is 0.858. The van der Waals surface area contributed by atoms with Crippen LogP contribution in [0.1, 0.15) is 57.0 Å². The Morgan fingerprint density at radius 1 is 1.24 bits per heavy atom. The van der Waals surface area contributed by atoms with Crippen LogP contribution in [0, 0.1) is 11.8 Å². The van der Waals surface area contributed by atoms with E-state index in [0.29, 0.717) is 12.0 Å². The van der Waals surface area contributed by atoms with Crippen LogP contribution in [-0.2, 0) is 6.54 Å². The van der Waals surface area contributed by atoms with Gasteiger partial charge in [0, 0.05) is 12.0 Å². The molecule has 2 heteroatoms. The third-order valence-electron chi connectivity index (χ3n) is 4.56. The van der Waals surface area contributed by atoms with Gasteiger partial charge in [0.2, 0.25) is 0 Å². The Hall–Kier alpha value is -0.760. The summed E-state index contributed by atoms with van der Waals surface area (Å²) in [4.78, 5) is 0. The maximum Gasteiger partial charge on any atom is 0.117 e. The fraction of sp³-hybridized carbons (Fsp3) is 0.733. The smallest absolute Gasteiger partial charge is 0.117 e. The molecule has 3 rings (SSSR count). The van der Waals surface area contributed by atoms with Crippen molar-refractivity contribution in [3.8, 4) is 0 Å². The lowest BCUT2D eigenvalue weighted by molar-refractivity contribution is 0.385. The molecular formula is C15H23NO. The van der Waals surface area contributed by atoms with Gasteiger partial charge >= 0.3 is 0 Å². The van der Waals surface area contributed by atoms with Crippen LogP contribution in [0.5, 0.6) is 0 Å². The molecule has 2 fully saturated rings. The van der Waals surface area contributed by atoms with Crippen LogP contribution in [0.15, 0.2) is 16.5 Å². The Balaban J connectivity index is 1.53. The lowest BCUT2D eigenvalue weighted by atomic mass is 10.1. The molecule has 0 amide bonds. The molecule has 2 aliphatic rings. The van der Waals surface area contributed by atoms with E-state index in [1.807, 2.05) is 0 Å². The van der Waals surface area contributed by atoms with E-state index in [-0.39, 0.29) is 0 Å². The molecule has 17 heavy (non-hydrogen) atoms. The number of rotatable bonds is 4. The van der Waals surface area contributed by atoms with Gasteiger partial charge in [-0.3, -0.25) is 0 Å². The summed E-state index contributed by atoms with van der Waals surface area (Å²) in [6.07, 6.45) is 5.39. The first-order valence-corrected chi connectivity index (χ1v) is 7.06. The van der Waals surface area contributed by atoms with Crippen molar-refractivity contribution in [3.63, 3.8) is 0 Å². The van der Waals surface area contributed by atoms with E-state index in [4.69, 9.17) is 4.42 Å². The second-order valence-electron chi connectivity index (χ2n) is 6.02. The molecule has 2 nitrogen and oxygen atoms in total. The lowest BCUT2D eigenvalue weighted by Gasteiger charge is -2.16. The van der Waals surface area contributed by atoms with E-state index in [1.54, 1.807) is 0 Å². The van der Waals surface area contributed by atoms with E-state index in [2.05, 4.69) is 31.3 Å². The second kappa shape index (κ2) is 4.49. The van der Waals surface area contributed by atoms with E-state index >= 15 is 0 Å². The number of hydrogen-bond acceptors (Lipinski definition) is 2. The molecule has 2 saturated carbocycles. The molecule has 0 radical (unpaired) electrons. The van der Waals surface area contributed by atoms with Gasteiger partial charge in [-0.1, -0.05) is 20.3 Å². The molecule has 0 aromatic carbocycles. The number of furan rings is 1. The highest BCUT2D eigenvalue weighted by Gasteiger charge is 2.36. The van der Waals surface area contributed by atoms with Crippen LogP contribution in [0.2, 0.25) is 0 Å². The lowest BCUT2D eigenvalue weighted by Crippen LogP contribution is -2.30. The van der Waals surface area contributed by atoms with Gasteiger partial charge in [-0.25, -0.2) is 0 Å². The van der Waals surface area contributed by atoms with Gasteiger partial charge in [-0.2, -0.15) is 0 Å². The molecule has 4 unspecified atom stereocenters. The molecule has 94 valence electrons. The molecule has 0 aliphatic heterocycles. The van der Waals surface area contributed by atoms with Crippen LogP contribution >= 0.6 is 0 Å². The average molecular weight is 233 g/mol. The largest absolute Gasteiger partial charge is 0.464 e. The summed E-state index contributed by atoms with van der Waals surface area (Å²) in [6, 6.07) is 5.01. The van der Waals surface area contributed by atoms with Crippen LogP contribution in [0.25, 0.3) is 0 Å². The molecule has 0 bridgehead atoms. The molecule has 1 heterocycles. The second-order valence-corrected chi connectivity index (χ2v) is 6.02. The third kappa shape index (κ3) is 2.42. The molecule has 0 saturated heterocycles. The van der Waals surface area contributed by atoms with Crippen molar-refractivity contribution in [2.45, 2.75) is 58.0 Å². The Bertz CT molecular complexity index is 384. The van der Waals surface area contributed by atoms with Crippen molar-refractivity contribution in [3.05, 3.63) is 23.7 Å². The standard InChI is InChI=1S/C15H23NO/c1-10-4-3-5-14(10)16-9-12-6-7-15(17-12)13-8-11(13)2/h6-7,10-11,13-14,16H,3-5,8-9H2,1-2H3. The predicted octanol–water partition coefficient (Wildman–Crippen LogP) is 3.68.